The number of aromatic nitrogens is 2. The lowest BCUT2D eigenvalue weighted by Gasteiger charge is -2.27. The van der Waals surface area contributed by atoms with Crippen LogP contribution >= 0.6 is 0 Å². The molecule has 21 heavy (non-hydrogen) atoms. The van der Waals surface area contributed by atoms with Crippen molar-refractivity contribution in [1.82, 2.24) is 19.8 Å². The molecule has 4 heteroatoms. The van der Waals surface area contributed by atoms with Crippen LogP contribution in [0.25, 0.3) is 11.0 Å². The molecule has 0 atom stereocenters. The Hall–Kier alpha value is -1.39. The van der Waals surface area contributed by atoms with Crippen molar-refractivity contribution in [3.05, 3.63) is 30.1 Å². The first-order valence-corrected chi connectivity index (χ1v) is 8.22. The first-order chi connectivity index (χ1) is 10.3. The van der Waals surface area contributed by atoms with E-state index < -0.39 is 0 Å². The maximum absolute atomic E-state index is 4.92. The van der Waals surface area contributed by atoms with Gasteiger partial charge in [-0.3, -0.25) is 4.90 Å². The Kier molecular flexibility index (Phi) is 4.56. The van der Waals surface area contributed by atoms with Crippen LogP contribution in [0, 0.1) is 0 Å². The molecule has 1 aromatic carbocycles. The van der Waals surface area contributed by atoms with E-state index in [1.807, 2.05) is 0 Å². The van der Waals surface area contributed by atoms with Gasteiger partial charge in [0.15, 0.2) is 0 Å². The largest absolute Gasteiger partial charge is 0.324 e. The zero-order valence-electron chi connectivity index (χ0n) is 13.2. The normalized spacial score (nSPS) is 16.9. The molecule has 0 saturated carbocycles. The smallest absolute Gasteiger partial charge is 0.124 e. The number of hydrogen-bond acceptors (Lipinski definition) is 3. The number of fused-ring (bicyclic) bond motifs is 1. The zero-order valence-corrected chi connectivity index (χ0v) is 13.2. The molecule has 0 unspecified atom stereocenters. The summed E-state index contributed by atoms with van der Waals surface area (Å²) in [7, 11) is 0. The predicted octanol–water partition coefficient (Wildman–Crippen LogP) is 2.80. The number of rotatable bonds is 5. The lowest BCUT2D eigenvalue weighted by Crippen LogP contribution is -2.31. The summed E-state index contributed by atoms with van der Waals surface area (Å²) < 4.78 is 2.51. The lowest BCUT2D eigenvalue weighted by molar-refractivity contribution is 0.273. The molecule has 4 nitrogen and oxygen atoms in total. The molecule has 1 saturated heterocycles. The van der Waals surface area contributed by atoms with Gasteiger partial charge in [-0.25, -0.2) is 4.98 Å². The van der Waals surface area contributed by atoms with E-state index in [2.05, 4.69) is 52.9 Å². The van der Waals surface area contributed by atoms with Gasteiger partial charge in [0.2, 0.25) is 0 Å². The van der Waals surface area contributed by atoms with Gasteiger partial charge in [0, 0.05) is 6.04 Å². The number of nitrogens with zero attached hydrogens (tertiary/aromatic N) is 3. The van der Waals surface area contributed by atoms with Crippen LogP contribution in [0.5, 0.6) is 0 Å². The molecule has 0 radical (unpaired) electrons. The second-order valence-corrected chi connectivity index (χ2v) is 5.83. The van der Waals surface area contributed by atoms with E-state index in [0.29, 0.717) is 6.04 Å². The maximum Gasteiger partial charge on any atom is 0.124 e. The highest BCUT2D eigenvalue weighted by atomic mass is 15.2. The molecular weight excluding hydrogens is 260 g/mol. The highest BCUT2D eigenvalue weighted by molar-refractivity contribution is 5.76. The number of para-hydroxylation sites is 2. The molecule has 0 bridgehead atoms. The van der Waals surface area contributed by atoms with Crippen molar-refractivity contribution in [3.8, 4) is 0 Å². The molecule has 1 aliphatic rings. The molecule has 2 heterocycles. The van der Waals surface area contributed by atoms with E-state index in [1.54, 1.807) is 0 Å². The Morgan fingerprint density at radius 3 is 2.62 bits per heavy atom. The van der Waals surface area contributed by atoms with E-state index in [4.69, 9.17) is 4.98 Å². The molecule has 1 N–H and O–H groups in total. The molecule has 1 aromatic heterocycles. The predicted molar refractivity (Wildman–Crippen MR) is 87.5 cm³/mol. The topological polar surface area (TPSA) is 33.1 Å². The van der Waals surface area contributed by atoms with Gasteiger partial charge in [0.1, 0.15) is 5.82 Å². The van der Waals surface area contributed by atoms with Crippen LogP contribution < -0.4 is 5.32 Å². The van der Waals surface area contributed by atoms with Crippen molar-refractivity contribution in [1.29, 1.82) is 0 Å². The molecule has 0 amide bonds. The van der Waals surface area contributed by atoms with Gasteiger partial charge >= 0.3 is 0 Å². The maximum atomic E-state index is 4.92. The van der Waals surface area contributed by atoms with Crippen molar-refractivity contribution in [2.45, 2.75) is 39.3 Å². The Bertz CT molecular complexity index is 579. The van der Waals surface area contributed by atoms with Crippen molar-refractivity contribution < 1.29 is 0 Å². The lowest BCUT2D eigenvalue weighted by atomic mass is 10.1. The molecule has 0 aliphatic carbocycles. The quantitative estimate of drug-likeness (QED) is 0.917. The van der Waals surface area contributed by atoms with Gasteiger partial charge in [-0.15, -0.1) is 0 Å². The summed E-state index contributed by atoms with van der Waals surface area (Å²) in [5.41, 5.74) is 2.43. The summed E-state index contributed by atoms with van der Waals surface area (Å²) in [6.07, 6.45) is 2.40. The summed E-state index contributed by atoms with van der Waals surface area (Å²) in [6.45, 7) is 9.77. The number of hydrogen-bond donors (Lipinski definition) is 1. The van der Waals surface area contributed by atoms with E-state index in [-0.39, 0.29) is 0 Å². The summed E-state index contributed by atoms with van der Waals surface area (Å²) in [5.74, 6) is 1.23. The van der Waals surface area contributed by atoms with Crippen molar-refractivity contribution in [2.24, 2.45) is 0 Å². The summed E-state index contributed by atoms with van der Waals surface area (Å²) >= 11 is 0. The Balaban J connectivity index is 2.00. The van der Waals surface area contributed by atoms with Crippen molar-refractivity contribution in [3.63, 3.8) is 0 Å². The first-order valence-electron chi connectivity index (χ1n) is 8.22. The molecule has 1 fully saturated rings. The van der Waals surface area contributed by atoms with Gasteiger partial charge in [-0.05, 0) is 51.2 Å². The van der Waals surface area contributed by atoms with Crippen LogP contribution in [-0.2, 0) is 6.54 Å². The fourth-order valence-electron chi connectivity index (χ4n) is 3.33. The number of benzene rings is 1. The van der Waals surface area contributed by atoms with Crippen LogP contribution in [-0.4, -0.2) is 40.6 Å². The Morgan fingerprint density at radius 1 is 1.19 bits per heavy atom. The second kappa shape index (κ2) is 6.58. The van der Waals surface area contributed by atoms with Crippen LogP contribution in [0.2, 0.25) is 0 Å². The van der Waals surface area contributed by atoms with Crippen LogP contribution in [0.4, 0.5) is 0 Å². The minimum atomic E-state index is 0.587. The van der Waals surface area contributed by atoms with E-state index in [1.165, 1.54) is 24.2 Å². The molecule has 2 aromatic rings. The molecule has 1 aliphatic heterocycles. The van der Waals surface area contributed by atoms with Gasteiger partial charge < -0.3 is 9.88 Å². The minimum absolute atomic E-state index is 0.587. The summed E-state index contributed by atoms with van der Waals surface area (Å²) in [5, 5.41) is 3.46. The summed E-state index contributed by atoms with van der Waals surface area (Å²) in [4.78, 5) is 7.37. The van der Waals surface area contributed by atoms with Crippen molar-refractivity contribution in [2.75, 3.05) is 26.2 Å². The summed E-state index contributed by atoms with van der Waals surface area (Å²) in [6, 6.07) is 9.16. The first kappa shape index (κ1) is 14.5. The standard InChI is InChI=1S/C17H26N4/c1-3-20(4-2)13-17-19-15-7-5-6-8-16(15)21(17)14-9-11-18-12-10-14/h5-8,14,18H,3-4,9-13H2,1-2H3. The highest BCUT2D eigenvalue weighted by Crippen LogP contribution is 2.27. The third-order valence-electron chi connectivity index (χ3n) is 4.60. The van der Waals surface area contributed by atoms with Crippen LogP contribution in [0.15, 0.2) is 24.3 Å². The Morgan fingerprint density at radius 2 is 1.90 bits per heavy atom. The average Bonchev–Trinajstić information content (AvgIpc) is 2.91. The van der Waals surface area contributed by atoms with Crippen molar-refractivity contribution >= 4 is 11.0 Å². The highest BCUT2D eigenvalue weighted by Gasteiger charge is 2.21. The number of imidazole rings is 1. The molecule has 0 spiro atoms. The third-order valence-corrected chi connectivity index (χ3v) is 4.60. The SMILES string of the molecule is CCN(CC)Cc1nc2ccccc2n1C1CCNCC1. The fraction of sp³-hybridized carbons (Fsp3) is 0.588. The number of piperidine rings is 1. The van der Waals surface area contributed by atoms with Crippen LogP contribution in [0.1, 0.15) is 38.6 Å². The third kappa shape index (κ3) is 2.97. The molecule has 3 rings (SSSR count). The molecular formula is C17H26N4. The van der Waals surface area contributed by atoms with Crippen LogP contribution in [0.3, 0.4) is 0 Å². The number of nitrogens with one attached hydrogen (secondary N) is 1. The minimum Gasteiger partial charge on any atom is -0.324 e. The zero-order chi connectivity index (χ0) is 14.7. The van der Waals surface area contributed by atoms with Gasteiger partial charge in [0.05, 0.1) is 17.6 Å². The van der Waals surface area contributed by atoms with Gasteiger partial charge in [0.25, 0.3) is 0 Å². The van der Waals surface area contributed by atoms with E-state index >= 15 is 0 Å². The van der Waals surface area contributed by atoms with E-state index in [0.717, 1.165) is 38.2 Å². The second-order valence-electron chi connectivity index (χ2n) is 5.83. The molecule has 114 valence electrons. The Labute approximate surface area is 127 Å². The van der Waals surface area contributed by atoms with Gasteiger partial charge in [-0.2, -0.15) is 0 Å². The van der Waals surface area contributed by atoms with E-state index in [9.17, 15) is 0 Å². The van der Waals surface area contributed by atoms with Gasteiger partial charge in [-0.1, -0.05) is 26.0 Å². The fourth-order valence-corrected chi connectivity index (χ4v) is 3.33. The monoisotopic (exact) mass is 286 g/mol. The average molecular weight is 286 g/mol.